The van der Waals surface area contributed by atoms with Crippen LogP contribution in [0.4, 0.5) is 4.39 Å². The third-order valence-corrected chi connectivity index (χ3v) is 5.11. The van der Waals surface area contributed by atoms with Crippen molar-refractivity contribution in [2.24, 2.45) is 0 Å². The van der Waals surface area contributed by atoms with Gasteiger partial charge in [0.1, 0.15) is 0 Å². The van der Waals surface area contributed by atoms with Crippen molar-refractivity contribution in [1.82, 2.24) is 29.4 Å². The molecule has 8 heteroatoms. The Hall–Kier alpha value is -2.58. The van der Waals surface area contributed by atoms with E-state index < -0.39 is 5.95 Å². The van der Waals surface area contributed by atoms with Gasteiger partial charge in [-0.25, -0.2) is 14.5 Å². The quantitative estimate of drug-likeness (QED) is 0.480. The molecule has 3 aromatic heterocycles. The maximum absolute atomic E-state index is 13.5. The van der Waals surface area contributed by atoms with Gasteiger partial charge in [0.2, 0.25) is 11.8 Å². The Kier molecular flexibility index (Phi) is 5.50. The van der Waals surface area contributed by atoms with Gasteiger partial charge in [-0.1, -0.05) is 0 Å². The lowest BCUT2D eigenvalue weighted by molar-refractivity contribution is 0.145. The third kappa shape index (κ3) is 4.13. The number of pyridine rings is 1. The lowest BCUT2D eigenvalue weighted by Crippen LogP contribution is -2.44. The van der Waals surface area contributed by atoms with Crippen molar-refractivity contribution in [2.75, 3.05) is 46.4 Å². The van der Waals surface area contributed by atoms with E-state index in [9.17, 15) is 4.39 Å². The van der Waals surface area contributed by atoms with Crippen LogP contribution in [0.25, 0.3) is 16.9 Å². The van der Waals surface area contributed by atoms with Gasteiger partial charge < -0.3 is 14.5 Å². The van der Waals surface area contributed by atoms with Crippen LogP contribution in [0.15, 0.2) is 30.6 Å². The average Bonchev–Trinajstić information content (AvgIpc) is 3.12. The number of ether oxygens (including phenoxy) is 1. The second-order valence-corrected chi connectivity index (χ2v) is 7.26. The zero-order valence-electron chi connectivity index (χ0n) is 16.3. The van der Waals surface area contributed by atoms with Crippen molar-refractivity contribution in [1.29, 1.82) is 0 Å². The number of fused-ring (bicyclic) bond motifs is 1. The highest BCUT2D eigenvalue weighted by molar-refractivity contribution is 5.62. The molecule has 0 bridgehead atoms. The van der Waals surface area contributed by atoms with Crippen LogP contribution in [-0.4, -0.2) is 75.8 Å². The molecule has 0 saturated carbocycles. The predicted octanol–water partition coefficient (Wildman–Crippen LogP) is 2.26. The van der Waals surface area contributed by atoms with Crippen molar-refractivity contribution in [3.63, 3.8) is 0 Å². The summed E-state index contributed by atoms with van der Waals surface area (Å²) >= 11 is 0. The van der Waals surface area contributed by atoms with Gasteiger partial charge in [-0.15, -0.1) is 5.10 Å². The number of hydrogen-bond donors (Lipinski definition) is 0. The second kappa shape index (κ2) is 8.20. The minimum Gasteiger partial charge on any atom is -0.477 e. The van der Waals surface area contributed by atoms with E-state index in [0.717, 1.165) is 50.4 Å². The largest absolute Gasteiger partial charge is 0.477 e. The first-order chi connectivity index (χ1) is 13.6. The summed E-state index contributed by atoms with van der Waals surface area (Å²) in [6, 6.07) is 5.45. The molecule has 0 radical (unpaired) electrons. The molecule has 3 aromatic rings. The Bertz CT molecular complexity index is 951. The Morgan fingerprint density at radius 2 is 1.93 bits per heavy atom. The number of likely N-dealkylation sites (N-methyl/N-ethyl adjacent to an activating group) is 1. The number of hydrogen-bond acceptors (Lipinski definition) is 6. The zero-order valence-corrected chi connectivity index (χ0v) is 16.3. The number of nitrogens with zero attached hydrogens (tertiary/aromatic N) is 6. The molecule has 0 unspecified atom stereocenters. The SMILES string of the molecule is Cc1cc(-c2cnc3ccc(OCCCN4CCN(C)CC4)nn23)cnc1F. The summed E-state index contributed by atoms with van der Waals surface area (Å²) in [7, 11) is 2.16. The number of imidazole rings is 1. The maximum atomic E-state index is 13.5. The van der Waals surface area contributed by atoms with Gasteiger partial charge >= 0.3 is 0 Å². The molecule has 148 valence electrons. The number of piperazine rings is 1. The van der Waals surface area contributed by atoms with Crippen LogP contribution in [-0.2, 0) is 0 Å². The lowest BCUT2D eigenvalue weighted by atomic mass is 10.2. The smallest absolute Gasteiger partial charge is 0.231 e. The van der Waals surface area contributed by atoms with E-state index in [-0.39, 0.29) is 0 Å². The lowest BCUT2D eigenvalue weighted by Gasteiger charge is -2.32. The van der Waals surface area contributed by atoms with Crippen molar-refractivity contribution in [3.05, 3.63) is 42.1 Å². The maximum Gasteiger partial charge on any atom is 0.231 e. The molecular formula is C20H25FN6O. The first-order valence-corrected chi connectivity index (χ1v) is 9.61. The molecule has 4 heterocycles. The Balaban J connectivity index is 1.40. The highest BCUT2D eigenvalue weighted by Gasteiger charge is 2.13. The highest BCUT2D eigenvalue weighted by Crippen LogP contribution is 2.22. The third-order valence-electron chi connectivity index (χ3n) is 5.11. The van der Waals surface area contributed by atoms with Gasteiger partial charge in [0.05, 0.1) is 18.5 Å². The Labute approximate surface area is 163 Å². The molecule has 28 heavy (non-hydrogen) atoms. The molecule has 1 fully saturated rings. The first kappa shape index (κ1) is 18.8. The first-order valence-electron chi connectivity index (χ1n) is 9.61. The van der Waals surface area contributed by atoms with Crippen molar-refractivity contribution in [2.45, 2.75) is 13.3 Å². The van der Waals surface area contributed by atoms with Gasteiger partial charge in [0, 0.05) is 56.1 Å². The molecular weight excluding hydrogens is 359 g/mol. The number of aryl methyl sites for hydroxylation is 1. The second-order valence-electron chi connectivity index (χ2n) is 7.26. The topological polar surface area (TPSA) is 58.8 Å². The van der Waals surface area contributed by atoms with Gasteiger partial charge in [-0.3, -0.25) is 0 Å². The molecule has 7 nitrogen and oxygen atoms in total. The van der Waals surface area contributed by atoms with E-state index in [0.29, 0.717) is 23.7 Å². The summed E-state index contributed by atoms with van der Waals surface area (Å²) < 4.78 is 21.0. The molecule has 1 aliphatic rings. The van der Waals surface area contributed by atoms with Crippen LogP contribution in [0.3, 0.4) is 0 Å². The van der Waals surface area contributed by atoms with Crippen LogP contribution in [0.2, 0.25) is 0 Å². The van der Waals surface area contributed by atoms with Crippen molar-refractivity contribution in [3.8, 4) is 17.1 Å². The van der Waals surface area contributed by atoms with E-state index in [1.807, 2.05) is 12.1 Å². The average molecular weight is 384 g/mol. The van der Waals surface area contributed by atoms with E-state index in [1.165, 1.54) is 6.20 Å². The number of rotatable bonds is 6. The fourth-order valence-electron chi connectivity index (χ4n) is 3.36. The standard InChI is InChI=1S/C20H25FN6O/c1-15-12-16(13-23-20(15)21)17-14-22-18-4-5-19(24-27(17)18)28-11-3-6-26-9-7-25(2)8-10-26/h4-5,12-14H,3,6-11H2,1-2H3. The Morgan fingerprint density at radius 1 is 1.11 bits per heavy atom. The minimum absolute atomic E-state index is 0.463. The van der Waals surface area contributed by atoms with Gasteiger partial charge in [-0.05, 0) is 32.5 Å². The van der Waals surface area contributed by atoms with Crippen LogP contribution < -0.4 is 4.74 Å². The molecule has 0 N–H and O–H groups in total. The molecule has 0 aromatic carbocycles. The van der Waals surface area contributed by atoms with Crippen molar-refractivity contribution >= 4 is 5.65 Å². The summed E-state index contributed by atoms with van der Waals surface area (Å²) in [6.45, 7) is 7.82. The fourth-order valence-corrected chi connectivity index (χ4v) is 3.36. The molecule has 1 saturated heterocycles. The van der Waals surface area contributed by atoms with Crippen LogP contribution in [0.5, 0.6) is 5.88 Å². The van der Waals surface area contributed by atoms with E-state index in [4.69, 9.17) is 4.74 Å². The fraction of sp³-hybridized carbons (Fsp3) is 0.450. The zero-order chi connectivity index (χ0) is 19.5. The molecule has 4 rings (SSSR count). The van der Waals surface area contributed by atoms with Gasteiger partial charge in [0.15, 0.2) is 5.65 Å². The summed E-state index contributed by atoms with van der Waals surface area (Å²) in [4.78, 5) is 13.0. The monoisotopic (exact) mass is 384 g/mol. The highest BCUT2D eigenvalue weighted by atomic mass is 19.1. The molecule has 0 atom stereocenters. The summed E-state index contributed by atoms with van der Waals surface area (Å²) in [5, 5.41) is 4.55. The van der Waals surface area contributed by atoms with E-state index >= 15 is 0 Å². The molecule has 0 amide bonds. The minimum atomic E-state index is -0.463. The molecule has 0 aliphatic carbocycles. The summed E-state index contributed by atoms with van der Waals surface area (Å²) in [5.41, 5.74) is 2.73. The van der Waals surface area contributed by atoms with Crippen LogP contribution in [0.1, 0.15) is 12.0 Å². The van der Waals surface area contributed by atoms with Crippen LogP contribution in [0, 0.1) is 12.9 Å². The normalized spacial score (nSPS) is 16.0. The summed E-state index contributed by atoms with van der Waals surface area (Å²) in [5.74, 6) is 0.0897. The predicted molar refractivity (Wildman–Crippen MR) is 105 cm³/mol. The van der Waals surface area contributed by atoms with Crippen LogP contribution >= 0.6 is 0 Å². The molecule has 1 aliphatic heterocycles. The summed E-state index contributed by atoms with van der Waals surface area (Å²) in [6.07, 6.45) is 4.17. The van der Waals surface area contributed by atoms with E-state index in [1.54, 1.807) is 23.7 Å². The Morgan fingerprint density at radius 3 is 2.71 bits per heavy atom. The van der Waals surface area contributed by atoms with Crippen molar-refractivity contribution < 1.29 is 9.13 Å². The van der Waals surface area contributed by atoms with Gasteiger partial charge in [-0.2, -0.15) is 4.39 Å². The number of aromatic nitrogens is 4. The van der Waals surface area contributed by atoms with Gasteiger partial charge in [0.25, 0.3) is 0 Å². The van der Waals surface area contributed by atoms with E-state index in [2.05, 4.69) is 31.9 Å². The number of halogens is 1. The molecule has 0 spiro atoms.